The average molecular weight is 389 g/mol. The van der Waals surface area contributed by atoms with Crippen molar-refractivity contribution in [3.63, 3.8) is 0 Å². The lowest BCUT2D eigenvalue weighted by molar-refractivity contribution is -0.158. The van der Waals surface area contributed by atoms with Crippen LogP contribution in [0.15, 0.2) is 47.5 Å². The van der Waals surface area contributed by atoms with E-state index >= 15 is 0 Å². The number of para-hydroxylation sites is 1. The molecule has 2 amide bonds. The van der Waals surface area contributed by atoms with Crippen molar-refractivity contribution in [3.05, 3.63) is 58.6 Å². The molecule has 29 heavy (non-hydrogen) atoms. The first-order valence-electron chi connectivity index (χ1n) is 9.73. The fourth-order valence-corrected chi connectivity index (χ4v) is 4.98. The second-order valence-corrected chi connectivity index (χ2v) is 7.89. The molecule has 7 nitrogen and oxygen atoms in total. The van der Waals surface area contributed by atoms with Crippen LogP contribution in [0.2, 0.25) is 0 Å². The maximum absolute atomic E-state index is 13.1. The monoisotopic (exact) mass is 389 g/mol. The number of likely N-dealkylation sites (N-methyl/N-ethyl adjacent to an activating group) is 1. The van der Waals surface area contributed by atoms with E-state index in [1.54, 1.807) is 11.9 Å². The average Bonchev–Trinajstić information content (AvgIpc) is 3.34. The number of carbonyl (C=O) groups excluding carboxylic acids is 2. The van der Waals surface area contributed by atoms with Crippen LogP contribution in [0.1, 0.15) is 18.0 Å². The lowest BCUT2D eigenvalue weighted by Gasteiger charge is -2.49. The first-order valence-corrected chi connectivity index (χ1v) is 9.73. The van der Waals surface area contributed by atoms with Gasteiger partial charge in [-0.2, -0.15) is 0 Å². The molecule has 2 fully saturated rings. The Labute approximate surface area is 166 Å². The van der Waals surface area contributed by atoms with Gasteiger partial charge in [0.15, 0.2) is 11.5 Å². The number of fused-ring (bicyclic) bond motifs is 4. The van der Waals surface area contributed by atoms with E-state index in [9.17, 15) is 9.59 Å². The molecule has 0 N–H and O–H groups in total. The number of amides is 2. The van der Waals surface area contributed by atoms with Gasteiger partial charge in [0.1, 0.15) is 6.04 Å². The van der Waals surface area contributed by atoms with Crippen molar-refractivity contribution in [1.29, 1.82) is 0 Å². The maximum atomic E-state index is 13.1. The van der Waals surface area contributed by atoms with E-state index in [1.807, 2.05) is 36.4 Å². The van der Waals surface area contributed by atoms with Gasteiger partial charge < -0.3 is 19.3 Å². The van der Waals surface area contributed by atoms with Gasteiger partial charge in [0, 0.05) is 18.7 Å². The van der Waals surface area contributed by atoms with Crippen LogP contribution >= 0.6 is 0 Å². The summed E-state index contributed by atoms with van der Waals surface area (Å²) in [5.41, 5.74) is 2.03. The van der Waals surface area contributed by atoms with Crippen LogP contribution in [0.4, 0.5) is 0 Å². The van der Waals surface area contributed by atoms with E-state index < -0.39 is 6.04 Å². The molecule has 0 bridgehead atoms. The van der Waals surface area contributed by atoms with Crippen LogP contribution in [0, 0.1) is 0 Å². The van der Waals surface area contributed by atoms with Crippen molar-refractivity contribution in [2.45, 2.75) is 24.5 Å². The first kappa shape index (κ1) is 16.6. The van der Waals surface area contributed by atoms with Crippen molar-refractivity contribution >= 4 is 17.4 Å². The quantitative estimate of drug-likeness (QED) is 0.707. The third kappa shape index (κ3) is 2.27. The molecule has 2 aromatic rings. The zero-order chi connectivity index (χ0) is 19.7. The number of hydrogen-bond acceptors (Lipinski definition) is 5. The highest BCUT2D eigenvalue weighted by Gasteiger charge is 2.50. The highest BCUT2D eigenvalue weighted by Crippen LogP contribution is 2.44. The van der Waals surface area contributed by atoms with Gasteiger partial charge in [-0.3, -0.25) is 14.6 Å². The number of nitrogens with zero attached hydrogens (tertiary/aromatic N) is 3. The molecule has 4 aliphatic rings. The standard InChI is InChI=1S/C22H19N3O4/c1-24-10-19(26)25-16(22(24)27)9-14-13-4-2-3-5-15(13)23-20(14)21(25)12-6-7-17-18(8-12)29-11-28-17/h2-8,16,20-21H,9-11H2,1H3/t16-,20?,21-/m1/s1. The minimum Gasteiger partial charge on any atom is -0.454 e. The molecular weight excluding hydrogens is 370 g/mol. The summed E-state index contributed by atoms with van der Waals surface area (Å²) >= 11 is 0. The molecule has 2 saturated heterocycles. The van der Waals surface area contributed by atoms with E-state index in [0.717, 1.165) is 21.7 Å². The number of hydrogen-bond donors (Lipinski definition) is 0. The predicted octanol–water partition coefficient (Wildman–Crippen LogP) is 0.382. The Kier molecular flexibility index (Phi) is 3.33. The molecule has 4 aliphatic heterocycles. The zero-order valence-corrected chi connectivity index (χ0v) is 15.9. The molecule has 0 aliphatic carbocycles. The van der Waals surface area contributed by atoms with E-state index in [0.29, 0.717) is 17.9 Å². The molecule has 6 rings (SSSR count). The van der Waals surface area contributed by atoms with Crippen LogP contribution in [-0.4, -0.2) is 54.1 Å². The Hall–Kier alpha value is -3.35. The van der Waals surface area contributed by atoms with Gasteiger partial charge in [-0.25, -0.2) is 0 Å². The van der Waals surface area contributed by atoms with Crippen LogP contribution in [0.3, 0.4) is 0 Å². The van der Waals surface area contributed by atoms with Crippen LogP contribution in [0.25, 0.3) is 5.57 Å². The third-order valence-electron chi connectivity index (χ3n) is 6.29. The Balaban J connectivity index is 1.56. The predicted molar refractivity (Wildman–Crippen MR) is 103 cm³/mol. The number of piperidine rings is 1. The van der Waals surface area contributed by atoms with Crippen LogP contribution in [-0.2, 0) is 9.59 Å². The first-order chi connectivity index (χ1) is 14.1. The topological polar surface area (TPSA) is 71.4 Å². The van der Waals surface area contributed by atoms with Gasteiger partial charge in [0.2, 0.25) is 18.6 Å². The number of piperazine rings is 1. The van der Waals surface area contributed by atoms with Gasteiger partial charge in [-0.1, -0.05) is 24.3 Å². The smallest absolute Gasteiger partial charge is 0.245 e. The molecule has 2 aromatic carbocycles. The van der Waals surface area contributed by atoms with Crippen LogP contribution in [0.5, 0.6) is 11.5 Å². The second kappa shape index (κ2) is 5.83. The van der Waals surface area contributed by atoms with E-state index in [2.05, 4.69) is 6.07 Å². The van der Waals surface area contributed by atoms with Crippen molar-refractivity contribution < 1.29 is 19.1 Å². The Morgan fingerprint density at radius 1 is 1.07 bits per heavy atom. The lowest BCUT2D eigenvalue weighted by atomic mass is 9.81. The van der Waals surface area contributed by atoms with E-state index in [4.69, 9.17) is 14.5 Å². The lowest BCUT2D eigenvalue weighted by Crippen LogP contribution is -2.63. The number of carbonyl (C=O) groups is 2. The van der Waals surface area contributed by atoms with Crippen molar-refractivity contribution in [2.24, 2.45) is 4.99 Å². The van der Waals surface area contributed by atoms with Gasteiger partial charge in [0.05, 0.1) is 24.0 Å². The third-order valence-corrected chi connectivity index (χ3v) is 6.29. The summed E-state index contributed by atoms with van der Waals surface area (Å²) in [6, 6.07) is 12.7. The van der Waals surface area contributed by atoms with Crippen molar-refractivity contribution in [1.82, 2.24) is 9.80 Å². The molecule has 0 aromatic heterocycles. The summed E-state index contributed by atoms with van der Waals surface area (Å²) in [6.07, 6.45) is 0.515. The number of ether oxygens (including phenoxy) is 2. The van der Waals surface area contributed by atoms with Crippen LogP contribution < -0.4 is 20.0 Å². The maximum Gasteiger partial charge on any atom is 0.245 e. The van der Waals surface area contributed by atoms with E-state index in [1.165, 1.54) is 4.90 Å². The molecule has 0 radical (unpaired) electrons. The zero-order valence-electron chi connectivity index (χ0n) is 15.9. The normalized spacial score (nSPS) is 26.8. The molecule has 0 spiro atoms. The summed E-state index contributed by atoms with van der Waals surface area (Å²) in [4.78, 5) is 34.3. The van der Waals surface area contributed by atoms with E-state index in [-0.39, 0.29) is 37.2 Å². The highest BCUT2D eigenvalue weighted by molar-refractivity contribution is 5.97. The second-order valence-electron chi connectivity index (χ2n) is 7.89. The molecule has 146 valence electrons. The minimum atomic E-state index is -0.510. The van der Waals surface area contributed by atoms with Gasteiger partial charge in [-0.15, -0.1) is 0 Å². The molecular formula is C22H19N3O4. The van der Waals surface area contributed by atoms with Crippen molar-refractivity contribution in [2.75, 3.05) is 20.4 Å². The summed E-state index contributed by atoms with van der Waals surface area (Å²) in [5, 5.41) is 2.00. The summed E-state index contributed by atoms with van der Waals surface area (Å²) in [7, 11) is 1.69. The fraction of sp³-hybridized carbons (Fsp3) is 0.318. The van der Waals surface area contributed by atoms with Gasteiger partial charge in [-0.05, 0) is 29.3 Å². The molecule has 4 heterocycles. The Morgan fingerprint density at radius 3 is 2.79 bits per heavy atom. The number of benzene rings is 2. The molecule has 1 unspecified atom stereocenters. The largest absolute Gasteiger partial charge is 0.454 e. The SMILES string of the molecule is CN1CC(=O)N2[C@H](CC3=c4ccccc4=NC3[C@H]2c2ccc3c(c2)OCO3)C1=O. The number of rotatable bonds is 1. The fourth-order valence-electron chi connectivity index (χ4n) is 4.98. The Bertz CT molecular complexity index is 1190. The summed E-state index contributed by atoms with van der Waals surface area (Å²) in [5.74, 6) is 1.28. The minimum absolute atomic E-state index is 0.0225. The molecule has 0 saturated carbocycles. The molecule has 3 atom stereocenters. The summed E-state index contributed by atoms with van der Waals surface area (Å²) < 4.78 is 11.0. The molecule has 7 heteroatoms. The summed E-state index contributed by atoms with van der Waals surface area (Å²) in [6.45, 7) is 0.278. The van der Waals surface area contributed by atoms with Gasteiger partial charge >= 0.3 is 0 Å². The van der Waals surface area contributed by atoms with Crippen molar-refractivity contribution in [3.8, 4) is 11.5 Å². The Morgan fingerprint density at radius 2 is 1.90 bits per heavy atom. The van der Waals surface area contributed by atoms with Gasteiger partial charge in [0.25, 0.3) is 0 Å². The highest BCUT2D eigenvalue weighted by atomic mass is 16.7.